The minimum Gasteiger partial charge on any atom is -0.481 e. The van der Waals surface area contributed by atoms with Crippen molar-refractivity contribution in [2.75, 3.05) is 20.2 Å². The average Bonchev–Trinajstić information content (AvgIpc) is 2.45. The van der Waals surface area contributed by atoms with Crippen LogP contribution in [-0.2, 0) is 19.1 Å². The molecule has 0 atom stereocenters. The molecule has 0 aromatic heterocycles. The SMILES string of the molecule is CC(C)(C)OC(=O)NCCCCC(=O)O.COC(=O)CCCCN.Cl. The summed E-state index contributed by atoms with van der Waals surface area (Å²) in [6.45, 7) is 6.46. The monoisotopic (exact) mass is 384 g/mol. The van der Waals surface area contributed by atoms with E-state index in [1.165, 1.54) is 7.11 Å². The van der Waals surface area contributed by atoms with E-state index >= 15 is 0 Å². The third kappa shape index (κ3) is 27.6. The molecule has 0 saturated heterocycles. The molecule has 0 aromatic rings. The summed E-state index contributed by atoms with van der Waals surface area (Å²) in [6.07, 6.45) is 3.11. The van der Waals surface area contributed by atoms with Crippen LogP contribution < -0.4 is 11.1 Å². The number of aliphatic carboxylic acids is 1. The molecule has 0 aliphatic carbocycles. The third-order valence-electron chi connectivity index (χ3n) is 2.55. The topological polar surface area (TPSA) is 128 Å². The summed E-state index contributed by atoms with van der Waals surface area (Å²) in [7, 11) is 1.39. The first-order valence-electron chi connectivity index (χ1n) is 8.08. The van der Waals surface area contributed by atoms with Crippen LogP contribution >= 0.6 is 12.4 Å². The van der Waals surface area contributed by atoms with Crippen molar-refractivity contribution in [1.29, 1.82) is 0 Å². The zero-order chi connectivity index (χ0) is 19.0. The number of nitrogens with one attached hydrogen (secondary N) is 1. The number of rotatable bonds is 9. The van der Waals surface area contributed by atoms with Gasteiger partial charge in [-0.2, -0.15) is 0 Å². The van der Waals surface area contributed by atoms with Crippen molar-refractivity contribution in [2.45, 2.75) is 64.9 Å². The van der Waals surface area contributed by atoms with Crippen LogP contribution in [-0.4, -0.2) is 48.9 Å². The summed E-state index contributed by atoms with van der Waals surface area (Å²) in [5.41, 5.74) is 4.71. The van der Waals surface area contributed by atoms with Crippen LogP contribution in [0, 0.1) is 0 Å². The van der Waals surface area contributed by atoms with E-state index < -0.39 is 17.7 Å². The fourth-order valence-corrected chi connectivity index (χ4v) is 1.42. The molecular weight excluding hydrogens is 352 g/mol. The normalized spacial score (nSPS) is 9.80. The molecule has 0 bridgehead atoms. The van der Waals surface area contributed by atoms with Crippen LogP contribution in [0.3, 0.4) is 0 Å². The number of carbonyl (C=O) groups is 3. The van der Waals surface area contributed by atoms with Gasteiger partial charge in [-0.25, -0.2) is 4.79 Å². The summed E-state index contributed by atoms with van der Waals surface area (Å²) in [5.74, 6) is -0.962. The van der Waals surface area contributed by atoms with E-state index in [1.54, 1.807) is 20.8 Å². The van der Waals surface area contributed by atoms with Crippen molar-refractivity contribution in [3.63, 3.8) is 0 Å². The molecule has 150 valence electrons. The van der Waals surface area contributed by atoms with Gasteiger partial charge in [0.2, 0.25) is 0 Å². The van der Waals surface area contributed by atoms with E-state index in [0.29, 0.717) is 32.4 Å². The predicted molar refractivity (Wildman–Crippen MR) is 97.9 cm³/mol. The van der Waals surface area contributed by atoms with Crippen molar-refractivity contribution in [3.05, 3.63) is 0 Å². The lowest BCUT2D eigenvalue weighted by Crippen LogP contribution is -2.33. The highest BCUT2D eigenvalue weighted by atomic mass is 35.5. The molecule has 8 nitrogen and oxygen atoms in total. The maximum Gasteiger partial charge on any atom is 0.407 e. The van der Waals surface area contributed by atoms with Crippen molar-refractivity contribution in [1.82, 2.24) is 5.32 Å². The lowest BCUT2D eigenvalue weighted by atomic mass is 10.2. The number of carboxylic acids is 1. The second-order valence-corrected chi connectivity index (χ2v) is 6.10. The van der Waals surface area contributed by atoms with Crippen LogP contribution in [0.4, 0.5) is 4.79 Å². The second kappa shape index (κ2) is 17.3. The first-order valence-corrected chi connectivity index (χ1v) is 8.08. The van der Waals surface area contributed by atoms with E-state index in [-0.39, 0.29) is 24.8 Å². The number of methoxy groups -OCH3 is 1. The Hall–Kier alpha value is -1.54. The fraction of sp³-hybridized carbons (Fsp3) is 0.812. The summed E-state index contributed by atoms with van der Waals surface area (Å²) >= 11 is 0. The highest BCUT2D eigenvalue weighted by Gasteiger charge is 2.15. The van der Waals surface area contributed by atoms with Crippen molar-refractivity contribution >= 4 is 30.4 Å². The Morgan fingerprint density at radius 3 is 2.04 bits per heavy atom. The van der Waals surface area contributed by atoms with E-state index in [9.17, 15) is 14.4 Å². The quantitative estimate of drug-likeness (QED) is 0.411. The summed E-state index contributed by atoms with van der Waals surface area (Å²) < 4.78 is 9.42. The Morgan fingerprint density at radius 2 is 1.60 bits per heavy atom. The molecule has 0 aliphatic heterocycles. The van der Waals surface area contributed by atoms with Gasteiger partial charge in [0.15, 0.2) is 0 Å². The zero-order valence-electron chi connectivity index (χ0n) is 15.6. The largest absolute Gasteiger partial charge is 0.481 e. The number of carbonyl (C=O) groups excluding carboxylic acids is 2. The maximum absolute atomic E-state index is 11.1. The van der Waals surface area contributed by atoms with Gasteiger partial charge in [0, 0.05) is 19.4 Å². The van der Waals surface area contributed by atoms with E-state index in [4.69, 9.17) is 15.6 Å². The highest BCUT2D eigenvalue weighted by molar-refractivity contribution is 5.85. The number of carboxylic acid groups (broad SMARTS) is 1. The van der Waals surface area contributed by atoms with Gasteiger partial charge >= 0.3 is 18.0 Å². The van der Waals surface area contributed by atoms with Gasteiger partial charge in [-0.05, 0) is 53.0 Å². The van der Waals surface area contributed by atoms with Gasteiger partial charge in [0.05, 0.1) is 7.11 Å². The Balaban J connectivity index is -0.000000418. The van der Waals surface area contributed by atoms with Crippen molar-refractivity contribution in [3.8, 4) is 0 Å². The standard InChI is InChI=1S/C10H19NO4.C6H13NO2.ClH/c1-10(2,3)15-9(14)11-7-5-4-6-8(12)13;1-9-6(8)4-2-3-5-7;/h4-7H2,1-3H3,(H,11,14)(H,12,13);2-5,7H2,1H3;1H. The number of amides is 1. The van der Waals surface area contributed by atoms with Gasteiger partial charge in [-0.1, -0.05) is 0 Å². The number of unbranched alkanes of at least 4 members (excludes halogenated alkanes) is 2. The summed E-state index contributed by atoms with van der Waals surface area (Å²) in [6, 6.07) is 0. The van der Waals surface area contributed by atoms with Crippen LogP contribution in [0.5, 0.6) is 0 Å². The second-order valence-electron chi connectivity index (χ2n) is 6.10. The Labute approximate surface area is 156 Å². The van der Waals surface area contributed by atoms with Gasteiger partial charge in [-0.15, -0.1) is 12.4 Å². The number of hydrogen-bond donors (Lipinski definition) is 3. The maximum atomic E-state index is 11.1. The molecule has 0 spiro atoms. The minimum absolute atomic E-state index is 0. The molecule has 0 aromatic carbocycles. The molecule has 0 aliphatic rings. The molecular formula is C16H33ClN2O6. The smallest absolute Gasteiger partial charge is 0.407 e. The van der Waals surface area contributed by atoms with Crippen molar-refractivity contribution < 1.29 is 29.0 Å². The molecule has 0 fully saturated rings. The third-order valence-corrected chi connectivity index (χ3v) is 2.55. The number of alkyl carbamates (subject to hydrolysis) is 1. The summed E-state index contributed by atoms with van der Waals surface area (Å²) in [4.78, 5) is 31.7. The van der Waals surface area contributed by atoms with Gasteiger partial charge in [-0.3, -0.25) is 9.59 Å². The lowest BCUT2D eigenvalue weighted by Gasteiger charge is -2.19. The van der Waals surface area contributed by atoms with Gasteiger partial charge in [0.1, 0.15) is 5.60 Å². The number of nitrogens with two attached hydrogens (primary N) is 1. The summed E-state index contributed by atoms with van der Waals surface area (Å²) in [5, 5.41) is 10.9. The van der Waals surface area contributed by atoms with Gasteiger partial charge in [0.25, 0.3) is 0 Å². The molecule has 9 heteroatoms. The Kier molecular flexibility index (Phi) is 19.6. The van der Waals surface area contributed by atoms with E-state index in [0.717, 1.165) is 12.8 Å². The van der Waals surface area contributed by atoms with Crippen molar-refractivity contribution in [2.24, 2.45) is 5.73 Å². The fourth-order valence-electron chi connectivity index (χ4n) is 1.42. The molecule has 1 amide bonds. The lowest BCUT2D eigenvalue weighted by molar-refractivity contribution is -0.140. The number of hydrogen-bond acceptors (Lipinski definition) is 6. The van der Waals surface area contributed by atoms with E-state index in [1.807, 2.05) is 0 Å². The first-order chi connectivity index (χ1) is 11.1. The molecule has 0 radical (unpaired) electrons. The number of esters is 1. The molecule has 4 N–H and O–H groups in total. The Morgan fingerprint density at radius 1 is 1.04 bits per heavy atom. The van der Waals surface area contributed by atoms with Crippen LogP contribution in [0.2, 0.25) is 0 Å². The predicted octanol–water partition coefficient (Wildman–Crippen LogP) is 2.48. The molecule has 0 heterocycles. The van der Waals surface area contributed by atoms with E-state index in [2.05, 4.69) is 10.1 Å². The average molecular weight is 385 g/mol. The molecule has 25 heavy (non-hydrogen) atoms. The molecule has 0 saturated carbocycles. The zero-order valence-corrected chi connectivity index (χ0v) is 16.4. The Bertz CT molecular complexity index is 372. The highest BCUT2D eigenvalue weighted by Crippen LogP contribution is 2.06. The molecule has 0 rings (SSSR count). The number of halogens is 1. The minimum atomic E-state index is -0.813. The van der Waals surface area contributed by atoms with Crippen LogP contribution in [0.1, 0.15) is 59.3 Å². The van der Waals surface area contributed by atoms with Crippen LogP contribution in [0.25, 0.3) is 0 Å². The van der Waals surface area contributed by atoms with Crippen LogP contribution in [0.15, 0.2) is 0 Å². The van der Waals surface area contributed by atoms with Gasteiger partial charge < -0.3 is 25.6 Å². The first kappa shape index (κ1) is 28.3. The number of ether oxygens (including phenoxy) is 2. The molecule has 0 unspecified atom stereocenters.